The van der Waals surface area contributed by atoms with E-state index in [0.29, 0.717) is 5.69 Å². The van der Waals surface area contributed by atoms with Gasteiger partial charge in [-0.1, -0.05) is 6.07 Å². The number of nitrogens with one attached hydrogen (secondary N) is 1. The van der Waals surface area contributed by atoms with Crippen LogP contribution in [-0.4, -0.2) is 32.3 Å². The second-order valence-corrected chi connectivity index (χ2v) is 6.30. The molecule has 0 saturated carbocycles. The first kappa shape index (κ1) is 17.5. The van der Waals surface area contributed by atoms with Crippen LogP contribution in [0.15, 0.2) is 42.0 Å². The largest absolute Gasteiger partial charge is 0.452 e. The molecule has 0 aliphatic heterocycles. The number of hydrogen-bond donors (Lipinski definition) is 1. The maximum absolute atomic E-state index is 12.1. The number of esters is 1. The smallest absolute Gasteiger partial charge is 0.312 e. The van der Waals surface area contributed by atoms with E-state index in [2.05, 4.69) is 10.3 Å². The molecule has 0 radical (unpaired) electrons. The zero-order valence-electron chi connectivity index (χ0n) is 13.6. The number of fused-ring (bicyclic) bond motifs is 1. The van der Waals surface area contributed by atoms with Crippen molar-refractivity contribution in [2.75, 3.05) is 5.32 Å². The highest BCUT2D eigenvalue weighted by molar-refractivity contribution is 7.15. The van der Waals surface area contributed by atoms with Crippen LogP contribution < -0.4 is 5.32 Å². The minimum Gasteiger partial charge on any atom is -0.452 e. The Bertz CT molecular complexity index is 951. The van der Waals surface area contributed by atoms with Gasteiger partial charge in [0.25, 0.3) is 11.6 Å². The third-order valence-corrected chi connectivity index (χ3v) is 4.24. The van der Waals surface area contributed by atoms with Crippen LogP contribution in [0.2, 0.25) is 0 Å². The van der Waals surface area contributed by atoms with Crippen molar-refractivity contribution < 1.29 is 19.2 Å². The Hall–Kier alpha value is -3.27. The zero-order chi connectivity index (χ0) is 18.7. The van der Waals surface area contributed by atoms with Crippen molar-refractivity contribution in [2.24, 2.45) is 0 Å². The summed E-state index contributed by atoms with van der Waals surface area (Å²) in [6.45, 7) is 1.43. The Morgan fingerprint density at radius 1 is 1.46 bits per heavy atom. The lowest BCUT2D eigenvalue weighted by Gasteiger charge is -2.13. The molecule has 0 aliphatic rings. The average molecular weight is 374 g/mol. The first-order chi connectivity index (χ1) is 12.4. The number of nitro groups is 1. The Kier molecular flexibility index (Phi) is 4.94. The van der Waals surface area contributed by atoms with Gasteiger partial charge in [0.2, 0.25) is 0 Å². The molecule has 0 saturated heterocycles. The van der Waals surface area contributed by atoms with Gasteiger partial charge < -0.3 is 10.1 Å². The van der Waals surface area contributed by atoms with Crippen molar-refractivity contribution in [1.29, 1.82) is 0 Å². The van der Waals surface area contributed by atoms with E-state index < -0.39 is 22.9 Å². The third kappa shape index (κ3) is 4.03. The van der Waals surface area contributed by atoms with Crippen molar-refractivity contribution in [3.63, 3.8) is 0 Å². The van der Waals surface area contributed by atoms with Crippen LogP contribution in [0.1, 0.15) is 12.6 Å². The van der Waals surface area contributed by atoms with E-state index in [1.165, 1.54) is 42.5 Å². The highest BCUT2D eigenvalue weighted by Crippen LogP contribution is 2.17. The number of nitro benzene ring substituents is 1. The molecule has 3 rings (SSSR count). The molecule has 1 atom stereocenters. The molecule has 0 spiro atoms. The number of aromatic nitrogens is 2. The highest BCUT2D eigenvalue weighted by atomic mass is 32.1. The maximum Gasteiger partial charge on any atom is 0.312 e. The van der Waals surface area contributed by atoms with E-state index in [-0.39, 0.29) is 17.8 Å². The summed E-state index contributed by atoms with van der Waals surface area (Å²) in [6.07, 6.45) is 2.45. The summed E-state index contributed by atoms with van der Waals surface area (Å²) in [5.74, 6) is -1.16. The Morgan fingerprint density at radius 3 is 3.00 bits per heavy atom. The Labute approximate surface area is 151 Å². The fourth-order valence-electron chi connectivity index (χ4n) is 2.24. The van der Waals surface area contributed by atoms with E-state index >= 15 is 0 Å². The molecule has 0 aliphatic carbocycles. The molecule has 0 fully saturated rings. The van der Waals surface area contributed by atoms with Crippen molar-refractivity contribution in [1.82, 2.24) is 9.38 Å². The number of nitrogens with zero attached hydrogens (tertiary/aromatic N) is 3. The van der Waals surface area contributed by atoms with Gasteiger partial charge in [-0.15, -0.1) is 11.3 Å². The Morgan fingerprint density at radius 2 is 2.27 bits per heavy atom. The highest BCUT2D eigenvalue weighted by Gasteiger charge is 2.20. The predicted octanol–water partition coefficient (Wildman–Crippen LogP) is 2.42. The fraction of sp³-hybridized carbons (Fsp3) is 0.188. The molecule has 26 heavy (non-hydrogen) atoms. The molecule has 1 N–H and O–H groups in total. The van der Waals surface area contributed by atoms with Gasteiger partial charge in [-0.05, 0) is 13.0 Å². The predicted molar refractivity (Wildman–Crippen MR) is 94.1 cm³/mol. The van der Waals surface area contributed by atoms with Gasteiger partial charge in [0.1, 0.15) is 0 Å². The number of anilines is 1. The van der Waals surface area contributed by atoms with E-state index in [9.17, 15) is 19.7 Å². The van der Waals surface area contributed by atoms with Crippen LogP contribution >= 0.6 is 11.3 Å². The molecular weight excluding hydrogens is 360 g/mol. The molecule has 1 aromatic carbocycles. The normalized spacial score (nSPS) is 11.9. The zero-order valence-corrected chi connectivity index (χ0v) is 14.4. The summed E-state index contributed by atoms with van der Waals surface area (Å²) in [5, 5.41) is 15.1. The fourth-order valence-corrected chi connectivity index (χ4v) is 2.96. The van der Waals surface area contributed by atoms with Crippen LogP contribution in [0.3, 0.4) is 0 Å². The van der Waals surface area contributed by atoms with Gasteiger partial charge >= 0.3 is 5.97 Å². The molecule has 1 amide bonds. The van der Waals surface area contributed by atoms with E-state index in [1.807, 2.05) is 11.6 Å². The average Bonchev–Trinajstić information content (AvgIpc) is 3.16. The topological polar surface area (TPSA) is 116 Å². The quantitative estimate of drug-likeness (QED) is 0.402. The number of thiazole rings is 1. The van der Waals surface area contributed by atoms with Crippen LogP contribution in [0.4, 0.5) is 11.4 Å². The minimum atomic E-state index is -1.05. The molecule has 1 unspecified atom stereocenters. The number of imidazole rings is 1. The monoisotopic (exact) mass is 374 g/mol. The second-order valence-electron chi connectivity index (χ2n) is 5.43. The van der Waals surface area contributed by atoms with Crippen LogP contribution in [-0.2, 0) is 20.7 Å². The summed E-state index contributed by atoms with van der Waals surface area (Å²) in [5.41, 5.74) is 0.654. The number of rotatable bonds is 6. The lowest BCUT2D eigenvalue weighted by molar-refractivity contribution is -0.384. The van der Waals surface area contributed by atoms with Crippen LogP contribution in [0, 0.1) is 10.1 Å². The van der Waals surface area contributed by atoms with Crippen molar-refractivity contribution in [2.45, 2.75) is 19.4 Å². The number of amides is 1. The van der Waals surface area contributed by atoms with Crippen LogP contribution in [0.5, 0.6) is 0 Å². The molecular formula is C16H14N4O5S. The maximum atomic E-state index is 12.1. The first-order valence-corrected chi connectivity index (χ1v) is 8.46. The standard InChI is InChI=1S/C16H14N4O5S/c1-10(15(22)17-11-3-2-4-13(7-11)20(23)24)25-14(21)8-12-9-19-5-6-26-16(19)18-12/h2-7,9-10H,8H2,1H3,(H,17,22). The van der Waals surface area contributed by atoms with Gasteiger partial charge in [-0.2, -0.15) is 0 Å². The van der Waals surface area contributed by atoms with E-state index in [1.54, 1.807) is 10.6 Å². The molecule has 134 valence electrons. The van der Waals surface area contributed by atoms with Crippen molar-refractivity contribution in [3.8, 4) is 0 Å². The number of carbonyl (C=O) groups excluding carboxylic acids is 2. The molecule has 0 bridgehead atoms. The summed E-state index contributed by atoms with van der Waals surface area (Å²) >= 11 is 1.45. The van der Waals surface area contributed by atoms with Gasteiger partial charge in [0, 0.05) is 35.6 Å². The molecule has 9 nitrogen and oxygen atoms in total. The van der Waals surface area contributed by atoms with E-state index in [0.717, 1.165) is 4.96 Å². The number of carbonyl (C=O) groups is 2. The number of benzene rings is 1. The summed E-state index contributed by atoms with van der Waals surface area (Å²) in [6, 6.07) is 5.51. The molecule has 10 heteroatoms. The molecule has 3 aromatic rings. The van der Waals surface area contributed by atoms with Gasteiger partial charge in [-0.25, -0.2) is 4.98 Å². The second kappa shape index (κ2) is 7.31. The van der Waals surface area contributed by atoms with Crippen molar-refractivity contribution >= 4 is 39.5 Å². The Balaban J connectivity index is 1.56. The SMILES string of the molecule is CC(OC(=O)Cc1cn2ccsc2n1)C(=O)Nc1cccc([N+](=O)[O-])c1. The number of hydrogen-bond acceptors (Lipinski definition) is 7. The lowest BCUT2D eigenvalue weighted by Crippen LogP contribution is -2.30. The molecule has 2 aromatic heterocycles. The van der Waals surface area contributed by atoms with Crippen LogP contribution in [0.25, 0.3) is 4.96 Å². The number of ether oxygens (including phenoxy) is 1. The number of non-ortho nitro benzene ring substituents is 1. The lowest BCUT2D eigenvalue weighted by atomic mass is 10.2. The van der Waals surface area contributed by atoms with Crippen molar-refractivity contribution in [3.05, 3.63) is 57.8 Å². The van der Waals surface area contributed by atoms with Gasteiger partial charge in [-0.3, -0.25) is 24.1 Å². The third-order valence-electron chi connectivity index (χ3n) is 3.47. The summed E-state index contributed by atoms with van der Waals surface area (Å²) in [4.78, 5) is 39.3. The van der Waals surface area contributed by atoms with E-state index in [4.69, 9.17) is 4.74 Å². The summed E-state index contributed by atoms with van der Waals surface area (Å²) in [7, 11) is 0. The summed E-state index contributed by atoms with van der Waals surface area (Å²) < 4.78 is 6.91. The van der Waals surface area contributed by atoms with Gasteiger partial charge in [0.15, 0.2) is 11.1 Å². The minimum absolute atomic E-state index is 0.0527. The first-order valence-electron chi connectivity index (χ1n) is 7.58. The van der Waals surface area contributed by atoms with Gasteiger partial charge in [0.05, 0.1) is 17.0 Å². The molecule has 2 heterocycles.